The summed E-state index contributed by atoms with van der Waals surface area (Å²) in [5.74, 6) is 1.87. The fourth-order valence-corrected chi connectivity index (χ4v) is 3.73. The van der Waals surface area contributed by atoms with Crippen LogP contribution in [0.1, 0.15) is 86.1 Å². The molecule has 1 aromatic carbocycles. The van der Waals surface area contributed by atoms with Gasteiger partial charge in [0, 0.05) is 0 Å². The molecule has 0 saturated heterocycles. The molecule has 0 aliphatic carbocycles. The van der Waals surface area contributed by atoms with Crippen molar-refractivity contribution in [3.05, 3.63) is 29.8 Å². The van der Waals surface area contributed by atoms with Crippen molar-refractivity contribution in [1.82, 2.24) is 0 Å². The molecule has 0 bridgehead atoms. The molecule has 0 spiro atoms. The fraction of sp³-hybridized carbons (Fsp3) is 0.739. The lowest BCUT2D eigenvalue weighted by Crippen LogP contribution is -2.24. The van der Waals surface area contributed by atoms with Crippen LogP contribution in [0.4, 0.5) is 0 Å². The Morgan fingerprint density at radius 2 is 1.29 bits per heavy atom. The Morgan fingerprint density at radius 1 is 0.792 bits per heavy atom. The average molecular weight is 333 g/mol. The predicted molar refractivity (Wildman–Crippen MR) is 106 cm³/mol. The molecule has 24 heavy (non-hydrogen) atoms. The Balaban J connectivity index is 2.65. The number of phenolic OH excluding ortho intramolecular Hbond substituents is 1. The summed E-state index contributed by atoms with van der Waals surface area (Å²) in [6.45, 7) is 16.6. The van der Waals surface area contributed by atoms with E-state index in [4.69, 9.17) is 0 Å². The van der Waals surface area contributed by atoms with Gasteiger partial charge >= 0.3 is 0 Å². The van der Waals surface area contributed by atoms with Crippen molar-refractivity contribution in [1.29, 1.82) is 0 Å². The number of rotatable bonds is 8. The van der Waals surface area contributed by atoms with E-state index in [0.717, 1.165) is 12.3 Å². The van der Waals surface area contributed by atoms with Crippen LogP contribution in [0.2, 0.25) is 0 Å². The van der Waals surface area contributed by atoms with Gasteiger partial charge in [-0.2, -0.15) is 0 Å². The van der Waals surface area contributed by atoms with Crippen LogP contribution in [0.3, 0.4) is 0 Å². The zero-order valence-electron chi connectivity index (χ0n) is 17.2. The molecule has 2 unspecified atom stereocenters. The molecule has 0 aliphatic rings. The molecule has 1 rings (SSSR count). The number of hydrogen-bond acceptors (Lipinski definition) is 1. The van der Waals surface area contributed by atoms with Crippen molar-refractivity contribution in [3.8, 4) is 5.75 Å². The highest BCUT2D eigenvalue weighted by Crippen LogP contribution is 2.37. The minimum absolute atomic E-state index is 0.319. The third kappa shape index (κ3) is 7.28. The van der Waals surface area contributed by atoms with Gasteiger partial charge in [0.25, 0.3) is 0 Å². The Bertz CT molecular complexity index is 458. The first-order valence-electron chi connectivity index (χ1n) is 9.82. The number of benzene rings is 1. The van der Waals surface area contributed by atoms with Crippen LogP contribution in [0.15, 0.2) is 24.3 Å². The molecule has 1 aromatic rings. The second kappa shape index (κ2) is 8.92. The molecule has 2 atom stereocenters. The van der Waals surface area contributed by atoms with Crippen molar-refractivity contribution >= 4 is 0 Å². The third-order valence-electron chi connectivity index (χ3n) is 5.61. The highest BCUT2D eigenvalue weighted by molar-refractivity contribution is 5.26. The molecule has 0 fully saturated rings. The topological polar surface area (TPSA) is 20.2 Å². The van der Waals surface area contributed by atoms with Gasteiger partial charge in [-0.05, 0) is 59.6 Å². The van der Waals surface area contributed by atoms with Gasteiger partial charge in [0.2, 0.25) is 0 Å². The number of aromatic hydroxyl groups is 1. The van der Waals surface area contributed by atoms with Crippen molar-refractivity contribution in [2.75, 3.05) is 0 Å². The molecule has 0 aromatic heterocycles. The lowest BCUT2D eigenvalue weighted by Gasteiger charge is -2.34. The van der Waals surface area contributed by atoms with Crippen LogP contribution in [0.5, 0.6) is 5.75 Å². The van der Waals surface area contributed by atoms with Crippen molar-refractivity contribution in [2.24, 2.45) is 22.7 Å². The zero-order chi connectivity index (χ0) is 18.4. The third-order valence-corrected chi connectivity index (χ3v) is 5.61. The largest absolute Gasteiger partial charge is 0.508 e. The van der Waals surface area contributed by atoms with Gasteiger partial charge in [0.15, 0.2) is 0 Å². The van der Waals surface area contributed by atoms with E-state index in [1.807, 2.05) is 12.1 Å². The summed E-state index contributed by atoms with van der Waals surface area (Å²) >= 11 is 0. The Morgan fingerprint density at radius 3 is 1.75 bits per heavy atom. The van der Waals surface area contributed by atoms with Crippen LogP contribution in [0.25, 0.3) is 0 Å². The lowest BCUT2D eigenvalue weighted by atomic mass is 9.72. The maximum absolute atomic E-state index is 9.48. The minimum Gasteiger partial charge on any atom is -0.508 e. The summed E-state index contributed by atoms with van der Waals surface area (Å²) in [5.41, 5.74) is 2.08. The minimum atomic E-state index is 0.319. The molecular weight excluding hydrogens is 292 g/mol. The standard InChI is InChI=1S/C23H40O/c1-8-10-19(22(2,3)4)11-9-12-20(23(5,6)7)17-18-13-15-21(24)16-14-18/h13-16,19-20,24H,8-12,17H2,1-7H3. The fourth-order valence-electron chi connectivity index (χ4n) is 3.73. The van der Waals surface area contributed by atoms with Crippen LogP contribution in [-0.4, -0.2) is 5.11 Å². The molecule has 1 N–H and O–H groups in total. The van der Waals surface area contributed by atoms with E-state index in [0.29, 0.717) is 22.5 Å². The van der Waals surface area contributed by atoms with Gasteiger partial charge in [-0.25, -0.2) is 0 Å². The van der Waals surface area contributed by atoms with Crippen molar-refractivity contribution < 1.29 is 5.11 Å². The quantitative estimate of drug-likeness (QED) is 0.532. The molecule has 0 amide bonds. The lowest BCUT2D eigenvalue weighted by molar-refractivity contribution is 0.180. The first-order chi connectivity index (χ1) is 11.0. The summed E-state index contributed by atoms with van der Waals surface area (Å²) < 4.78 is 0. The monoisotopic (exact) mass is 332 g/mol. The SMILES string of the molecule is CCCC(CCCC(Cc1ccc(O)cc1)C(C)(C)C)C(C)(C)C. The normalized spacial score (nSPS) is 15.3. The zero-order valence-corrected chi connectivity index (χ0v) is 17.2. The first kappa shape index (κ1) is 21.1. The van der Waals surface area contributed by atoms with E-state index >= 15 is 0 Å². The predicted octanol–water partition coefficient (Wildman–Crippen LogP) is 7.23. The van der Waals surface area contributed by atoms with Gasteiger partial charge in [-0.15, -0.1) is 0 Å². The Kier molecular flexibility index (Phi) is 7.83. The van der Waals surface area contributed by atoms with E-state index in [-0.39, 0.29) is 0 Å². The van der Waals surface area contributed by atoms with Gasteiger partial charge in [0.1, 0.15) is 5.75 Å². The Hall–Kier alpha value is -0.980. The second-order valence-electron chi connectivity index (χ2n) is 9.72. The molecule has 0 saturated carbocycles. The van der Waals surface area contributed by atoms with Gasteiger partial charge in [-0.3, -0.25) is 0 Å². The summed E-state index contributed by atoms with van der Waals surface area (Å²) in [4.78, 5) is 0. The average Bonchev–Trinajstić information content (AvgIpc) is 2.45. The first-order valence-corrected chi connectivity index (χ1v) is 9.82. The van der Waals surface area contributed by atoms with Crippen molar-refractivity contribution in [2.45, 2.75) is 87.0 Å². The van der Waals surface area contributed by atoms with E-state index in [9.17, 15) is 5.11 Å². The van der Waals surface area contributed by atoms with Crippen LogP contribution in [-0.2, 0) is 6.42 Å². The maximum atomic E-state index is 9.48. The van der Waals surface area contributed by atoms with E-state index in [1.165, 1.54) is 37.7 Å². The molecule has 1 heteroatoms. The molecule has 1 nitrogen and oxygen atoms in total. The molecule has 0 aliphatic heterocycles. The van der Waals surface area contributed by atoms with E-state index < -0.39 is 0 Å². The summed E-state index contributed by atoms with van der Waals surface area (Å²) in [6, 6.07) is 7.77. The molecular formula is C23H40O. The highest BCUT2D eigenvalue weighted by atomic mass is 16.3. The van der Waals surface area contributed by atoms with Crippen LogP contribution in [0, 0.1) is 22.7 Å². The molecule has 138 valence electrons. The van der Waals surface area contributed by atoms with Gasteiger partial charge in [-0.1, -0.05) is 79.9 Å². The molecule has 0 radical (unpaired) electrons. The number of phenols is 1. The highest BCUT2D eigenvalue weighted by Gasteiger charge is 2.27. The summed E-state index contributed by atoms with van der Waals surface area (Å²) in [7, 11) is 0. The van der Waals surface area contributed by atoms with Crippen LogP contribution >= 0.6 is 0 Å². The molecule has 0 heterocycles. The van der Waals surface area contributed by atoms with E-state index in [1.54, 1.807) is 0 Å². The number of hydrogen-bond donors (Lipinski definition) is 1. The van der Waals surface area contributed by atoms with Gasteiger partial charge in [0.05, 0.1) is 0 Å². The summed E-state index contributed by atoms with van der Waals surface area (Å²) in [5, 5.41) is 9.48. The van der Waals surface area contributed by atoms with E-state index in [2.05, 4.69) is 60.6 Å². The summed E-state index contributed by atoms with van der Waals surface area (Å²) in [6.07, 6.45) is 7.71. The smallest absolute Gasteiger partial charge is 0.115 e. The maximum Gasteiger partial charge on any atom is 0.115 e. The Labute approximate surface area is 150 Å². The van der Waals surface area contributed by atoms with Crippen molar-refractivity contribution in [3.63, 3.8) is 0 Å². The second-order valence-corrected chi connectivity index (χ2v) is 9.72. The van der Waals surface area contributed by atoms with Gasteiger partial charge < -0.3 is 5.11 Å². The van der Waals surface area contributed by atoms with Crippen LogP contribution < -0.4 is 0 Å².